The van der Waals surface area contributed by atoms with E-state index >= 15 is 0 Å². The number of carbonyl (C=O) groups excluding carboxylic acids is 1. The molecule has 142 valence electrons. The van der Waals surface area contributed by atoms with Crippen LogP contribution in [0.1, 0.15) is 35.7 Å². The standard InChI is InChI=1S/C20H22ClN3O3/c1-13-7-9-23(10-8-13)18-6-5-16(12-17(18)21)22-20(25)15-4-3-14(2)19(11-15)24(26)27/h3-6,11-13H,7-10H2,1-2H3,(H,22,25). The first-order valence-corrected chi connectivity index (χ1v) is 9.34. The number of anilines is 2. The lowest BCUT2D eigenvalue weighted by atomic mass is 9.99. The van der Waals surface area contributed by atoms with Crippen molar-refractivity contribution in [2.75, 3.05) is 23.3 Å². The van der Waals surface area contributed by atoms with Crippen molar-refractivity contribution < 1.29 is 9.72 Å². The van der Waals surface area contributed by atoms with Crippen molar-refractivity contribution in [3.8, 4) is 0 Å². The normalized spacial score (nSPS) is 14.9. The first-order chi connectivity index (χ1) is 12.8. The molecule has 0 bridgehead atoms. The number of nitro benzene ring substituents is 1. The Morgan fingerprint density at radius 1 is 1.22 bits per heavy atom. The second-order valence-corrected chi connectivity index (χ2v) is 7.46. The van der Waals surface area contributed by atoms with E-state index in [0.717, 1.165) is 37.5 Å². The molecule has 1 aliphatic rings. The molecule has 27 heavy (non-hydrogen) atoms. The van der Waals surface area contributed by atoms with E-state index in [1.54, 1.807) is 31.2 Å². The van der Waals surface area contributed by atoms with Crippen LogP contribution < -0.4 is 10.2 Å². The molecule has 1 N–H and O–H groups in total. The number of aryl methyl sites for hydroxylation is 1. The molecule has 3 rings (SSSR count). The first kappa shape index (κ1) is 19.2. The van der Waals surface area contributed by atoms with Crippen LogP contribution in [0.25, 0.3) is 0 Å². The number of benzene rings is 2. The van der Waals surface area contributed by atoms with Gasteiger partial charge < -0.3 is 10.2 Å². The Hall–Kier alpha value is -2.60. The molecule has 0 spiro atoms. The smallest absolute Gasteiger partial charge is 0.273 e. The van der Waals surface area contributed by atoms with Crippen LogP contribution in [-0.2, 0) is 0 Å². The van der Waals surface area contributed by atoms with Crippen molar-refractivity contribution >= 4 is 34.6 Å². The topological polar surface area (TPSA) is 75.5 Å². The van der Waals surface area contributed by atoms with Gasteiger partial charge in [0.1, 0.15) is 0 Å². The van der Waals surface area contributed by atoms with E-state index in [-0.39, 0.29) is 11.3 Å². The van der Waals surface area contributed by atoms with Gasteiger partial charge in [-0.05, 0) is 49.9 Å². The van der Waals surface area contributed by atoms with Crippen LogP contribution in [0, 0.1) is 23.0 Å². The molecule has 0 unspecified atom stereocenters. The molecule has 1 saturated heterocycles. The third-order valence-electron chi connectivity index (χ3n) is 5.00. The Labute approximate surface area is 163 Å². The van der Waals surface area contributed by atoms with E-state index in [9.17, 15) is 14.9 Å². The largest absolute Gasteiger partial charge is 0.370 e. The Morgan fingerprint density at radius 2 is 1.93 bits per heavy atom. The maximum Gasteiger partial charge on any atom is 0.273 e. The maximum atomic E-state index is 12.4. The fourth-order valence-electron chi connectivity index (χ4n) is 3.24. The van der Waals surface area contributed by atoms with E-state index in [1.807, 2.05) is 6.07 Å². The van der Waals surface area contributed by atoms with Gasteiger partial charge in [-0.25, -0.2) is 0 Å². The van der Waals surface area contributed by atoms with E-state index in [0.29, 0.717) is 16.3 Å². The highest BCUT2D eigenvalue weighted by Crippen LogP contribution is 2.32. The summed E-state index contributed by atoms with van der Waals surface area (Å²) < 4.78 is 0. The highest BCUT2D eigenvalue weighted by Gasteiger charge is 2.19. The number of nitrogens with zero attached hydrogens (tertiary/aromatic N) is 2. The summed E-state index contributed by atoms with van der Waals surface area (Å²) in [5, 5.41) is 14.4. The third kappa shape index (κ3) is 4.39. The van der Waals surface area contributed by atoms with Crippen LogP contribution in [-0.4, -0.2) is 23.9 Å². The summed E-state index contributed by atoms with van der Waals surface area (Å²) in [5.41, 5.74) is 2.20. The molecular formula is C20H22ClN3O3. The predicted molar refractivity (Wildman–Crippen MR) is 108 cm³/mol. The molecule has 0 aromatic heterocycles. The molecule has 6 nitrogen and oxygen atoms in total. The number of nitrogens with one attached hydrogen (secondary N) is 1. The minimum atomic E-state index is -0.489. The summed E-state index contributed by atoms with van der Waals surface area (Å²) in [4.78, 5) is 25.3. The zero-order valence-electron chi connectivity index (χ0n) is 15.4. The Kier molecular flexibility index (Phi) is 5.65. The average molecular weight is 388 g/mol. The third-order valence-corrected chi connectivity index (χ3v) is 5.30. The van der Waals surface area contributed by atoms with Gasteiger partial charge in [0.2, 0.25) is 0 Å². The summed E-state index contributed by atoms with van der Waals surface area (Å²) in [6, 6.07) is 9.86. The van der Waals surface area contributed by atoms with Gasteiger partial charge in [-0.3, -0.25) is 14.9 Å². The molecule has 0 saturated carbocycles. The van der Waals surface area contributed by atoms with Crippen molar-refractivity contribution in [3.63, 3.8) is 0 Å². The molecule has 2 aromatic carbocycles. The van der Waals surface area contributed by atoms with Gasteiger partial charge >= 0.3 is 0 Å². The fourth-order valence-corrected chi connectivity index (χ4v) is 3.54. The lowest BCUT2D eigenvalue weighted by Crippen LogP contribution is -2.32. The van der Waals surface area contributed by atoms with Crippen molar-refractivity contribution in [1.82, 2.24) is 0 Å². The van der Waals surface area contributed by atoms with Crippen molar-refractivity contribution in [2.45, 2.75) is 26.7 Å². The van der Waals surface area contributed by atoms with Crippen LogP contribution in [0.3, 0.4) is 0 Å². The Bertz CT molecular complexity index is 877. The summed E-state index contributed by atoms with van der Waals surface area (Å²) in [6.45, 7) is 5.84. The Balaban J connectivity index is 1.74. The molecule has 1 heterocycles. The summed E-state index contributed by atoms with van der Waals surface area (Å²) in [6.07, 6.45) is 2.28. The van der Waals surface area contributed by atoms with Gasteiger partial charge in [-0.15, -0.1) is 0 Å². The molecule has 0 radical (unpaired) electrons. The number of halogens is 1. The van der Waals surface area contributed by atoms with E-state index in [1.165, 1.54) is 6.07 Å². The molecule has 1 fully saturated rings. The molecule has 0 atom stereocenters. The molecular weight excluding hydrogens is 366 g/mol. The zero-order chi connectivity index (χ0) is 19.6. The lowest BCUT2D eigenvalue weighted by molar-refractivity contribution is -0.385. The predicted octanol–water partition coefficient (Wildman–Crippen LogP) is 5.05. The van der Waals surface area contributed by atoms with Crippen LogP contribution in [0.4, 0.5) is 17.1 Å². The number of carbonyl (C=O) groups is 1. The number of hydrogen-bond acceptors (Lipinski definition) is 4. The SMILES string of the molecule is Cc1ccc(C(=O)Nc2ccc(N3CCC(C)CC3)c(Cl)c2)cc1[N+](=O)[O-]. The minimum absolute atomic E-state index is 0.0737. The number of nitro groups is 1. The van der Waals surface area contributed by atoms with Crippen LogP contribution in [0.5, 0.6) is 0 Å². The number of rotatable bonds is 4. The fraction of sp³-hybridized carbons (Fsp3) is 0.350. The lowest BCUT2D eigenvalue weighted by Gasteiger charge is -2.32. The number of amides is 1. The van der Waals surface area contributed by atoms with Crippen LogP contribution in [0.2, 0.25) is 5.02 Å². The maximum absolute atomic E-state index is 12.4. The number of piperidine rings is 1. The molecule has 1 amide bonds. The van der Waals surface area contributed by atoms with Gasteiger partial charge in [-0.2, -0.15) is 0 Å². The van der Waals surface area contributed by atoms with Gasteiger partial charge in [-0.1, -0.05) is 24.6 Å². The molecule has 1 aliphatic heterocycles. The summed E-state index contributed by atoms with van der Waals surface area (Å²) in [5.74, 6) is 0.325. The summed E-state index contributed by atoms with van der Waals surface area (Å²) >= 11 is 6.43. The van der Waals surface area contributed by atoms with Crippen LogP contribution in [0.15, 0.2) is 36.4 Å². The zero-order valence-corrected chi connectivity index (χ0v) is 16.1. The first-order valence-electron chi connectivity index (χ1n) is 8.96. The average Bonchev–Trinajstić information content (AvgIpc) is 2.63. The summed E-state index contributed by atoms with van der Waals surface area (Å²) in [7, 11) is 0. The van der Waals surface area contributed by atoms with E-state index < -0.39 is 10.8 Å². The quantitative estimate of drug-likeness (QED) is 0.588. The van der Waals surface area contributed by atoms with Gasteiger partial charge in [0.25, 0.3) is 11.6 Å². The van der Waals surface area contributed by atoms with Crippen molar-refractivity contribution in [3.05, 3.63) is 62.7 Å². The van der Waals surface area contributed by atoms with Gasteiger partial charge in [0, 0.05) is 36.0 Å². The second-order valence-electron chi connectivity index (χ2n) is 7.05. The highest BCUT2D eigenvalue weighted by atomic mass is 35.5. The number of hydrogen-bond donors (Lipinski definition) is 1. The van der Waals surface area contributed by atoms with Crippen LogP contribution >= 0.6 is 11.6 Å². The van der Waals surface area contributed by atoms with Crippen molar-refractivity contribution in [1.29, 1.82) is 0 Å². The van der Waals surface area contributed by atoms with Crippen molar-refractivity contribution in [2.24, 2.45) is 5.92 Å². The highest BCUT2D eigenvalue weighted by molar-refractivity contribution is 6.33. The Morgan fingerprint density at radius 3 is 2.56 bits per heavy atom. The monoisotopic (exact) mass is 387 g/mol. The van der Waals surface area contributed by atoms with Gasteiger partial charge in [0.15, 0.2) is 0 Å². The molecule has 7 heteroatoms. The minimum Gasteiger partial charge on any atom is -0.370 e. The molecule has 2 aromatic rings. The second kappa shape index (κ2) is 7.96. The van der Waals surface area contributed by atoms with E-state index in [4.69, 9.17) is 11.6 Å². The van der Waals surface area contributed by atoms with Gasteiger partial charge in [0.05, 0.1) is 15.6 Å². The molecule has 0 aliphatic carbocycles. The van der Waals surface area contributed by atoms with E-state index in [2.05, 4.69) is 17.1 Å².